The first kappa shape index (κ1) is 17.3. The minimum absolute atomic E-state index is 0.208. The molecule has 2 fully saturated rings. The topological polar surface area (TPSA) is 69.2 Å². The van der Waals surface area contributed by atoms with Crippen LogP contribution in [0.15, 0.2) is 54.6 Å². The average molecular weight is 357 g/mol. The van der Waals surface area contributed by atoms with E-state index in [-0.39, 0.29) is 12.1 Å². The third-order valence-electron chi connectivity index (χ3n) is 4.84. The largest absolute Gasteiger partial charge is 0.496 e. The summed E-state index contributed by atoms with van der Waals surface area (Å²) in [5.74, 6) is 1.49. The number of nitrogens with one attached hydrogen (secondary N) is 1. The standard InChI is InChI=1S/C20H23NO5/c1-23-15-10-6-5-7-13(15)11-21-17-16-12-24-20(26-16)19(18(17)22)25-14-8-3-2-4-9-14/h2-10,16-22H,11-12H2,1H3/t16-,17-,18-,19+,20+/m0/s1. The molecule has 5 atom stereocenters. The Labute approximate surface area is 152 Å². The van der Waals surface area contributed by atoms with Crippen molar-refractivity contribution in [2.75, 3.05) is 13.7 Å². The van der Waals surface area contributed by atoms with E-state index in [0.717, 1.165) is 11.3 Å². The Bertz CT molecular complexity index is 725. The quantitative estimate of drug-likeness (QED) is 0.820. The first-order valence-corrected chi connectivity index (χ1v) is 8.78. The van der Waals surface area contributed by atoms with Gasteiger partial charge in [-0.3, -0.25) is 0 Å². The molecule has 0 saturated carbocycles. The lowest BCUT2D eigenvalue weighted by atomic mass is 9.97. The molecule has 138 valence electrons. The minimum atomic E-state index is -0.754. The van der Waals surface area contributed by atoms with Crippen LogP contribution >= 0.6 is 0 Å². The summed E-state index contributed by atoms with van der Waals surface area (Å²) in [7, 11) is 1.65. The predicted octanol–water partition coefficient (Wildman–Crippen LogP) is 1.72. The van der Waals surface area contributed by atoms with E-state index >= 15 is 0 Å². The molecule has 0 spiro atoms. The van der Waals surface area contributed by atoms with Crippen molar-refractivity contribution in [3.63, 3.8) is 0 Å². The van der Waals surface area contributed by atoms with Crippen LogP contribution in [0.3, 0.4) is 0 Å². The highest BCUT2D eigenvalue weighted by atomic mass is 16.7. The number of fused-ring (bicyclic) bond motifs is 2. The van der Waals surface area contributed by atoms with E-state index in [1.165, 1.54) is 0 Å². The second-order valence-corrected chi connectivity index (χ2v) is 6.48. The minimum Gasteiger partial charge on any atom is -0.496 e. The molecule has 6 nitrogen and oxygen atoms in total. The van der Waals surface area contributed by atoms with Crippen LogP contribution in [0.2, 0.25) is 0 Å². The third-order valence-corrected chi connectivity index (χ3v) is 4.84. The summed E-state index contributed by atoms with van der Waals surface area (Å²) in [5.41, 5.74) is 1.02. The van der Waals surface area contributed by atoms with Gasteiger partial charge < -0.3 is 29.4 Å². The first-order chi connectivity index (χ1) is 12.8. The van der Waals surface area contributed by atoms with Gasteiger partial charge in [-0.05, 0) is 18.2 Å². The summed E-state index contributed by atoms with van der Waals surface area (Å²) in [5, 5.41) is 14.3. The first-order valence-electron chi connectivity index (χ1n) is 8.78. The number of aliphatic hydroxyl groups excluding tert-OH is 1. The smallest absolute Gasteiger partial charge is 0.197 e. The normalized spacial score (nSPS) is 30.2. The van der Waals surface area contributed by atoms with Crippen LogP contribution in [-0.2, 0) is 16.0 Å². The van der Waals surface area contributed by atoms with E-state index in [1.807, 2.05) is 54.6 Å². The monoisotopic (exact) mass is 357 g/mol. The molecule has 0 amide bonds. The van der Waals surface area contributed by atoms with Gasteiger partial charge in [0, 0.05) is 12.1 Å². The van der Waals surface area contributed by atoms with Crippen molar-refractivity contribution < 1.29 is 24.1 Å². The molecule has 2 saturated heterocycles. The summed E-state index contributed by atoms with van der Waals surface area (Å²) in [4.78, 5) is 0. The highest BCUT2D eigenvalue weighted by Crippen LogP contribution is 2.31. The zero-order valence-corrected chi connectivity index (χ0v) is 14.6. The molecule has 2 bridgehead atoms. The zero-order chi connectivity index (χ0) is 17.9. The molecule has 6 heteroatoms. The average Bonchev–Trinajstić information content (AvgIpc) is 3.12. The highest BCUT2D eigenvalue weighted by Gasteiger charge is 2.51. The van der Waals surface area contributed by atoms with Crippen LogP contribution in [0.25, 0.3) is 0 Å². The van der Waals surface area contributed by atoms with Gasteiger partial charge in [-0.25, -0.2) is 0 Å². The van der Waals surface area contributed by atoms with E-state index in [9.17, 15) is 5.11 Å². The van der Waals surface area contributed by atoms with Crippen LogP contribution < -0.4 is 14.8 Å². The molecular formula is C20H23NO5. The van der Waals surface area contributed by atoms with Crippen LogP contribution in [0.5, 0.6) is 11.5 Å². The Morgan fingerprint density at radius 1 is 1.12 bits per heavy atom. The number of hydrogen-bond donors (Lipinski definition) is 2. The van der Waals surface area contributed by atoms with Crippen molar-refractivity contribution in [2.24, 2.45) is 0 Å². The van der Waals surface area contributed by atoms with Crippen molar-refractivity contribution in [3.05, 3.63) is 60.2 Å². The maximum Gasteiger partial charge on any atom is 0.197 e. The van der Waals surface area contributed by atoms with Crippen molar-refractivity contribution in [1.29, 1.82) is 0 Å². The van der Waals surface area contributed by atoms with Gasteiger partial charge in [0.15, 0.2) is 12.4 Å². The second kappa shape index (κ2) is 7.63. The fourth-order valence-electron chi connectivity index (χ4n) is 3.50. The number of hydrogen-bond acceptors (Lipinski definition) is 6. The van der Waals surface area contributed by atoms with Crippen LogP contribution in [0.1, 0.15) is 5.56 Å². The molecule has 2 heterocycles. The van der Waals surface area contributed by atoms with Crippen LogP contribution in [0, 0.1) is 0 Å². The molecule has 0 unspecified atom stereocenters. The summed E-state index contributed by atoms with van der Waals surface area (Å²) in [6.07, 6.45) is -2.11. The summed E-state index contributed by atoms with van der Waals surface area (Å²) >= 11 is 0. The van der Waals surface area contributed by atoms with Crippen LogP contribution in [0.4, 0.5) is 0 Å². The van der Waals surface area contributed by atoms with Crippen molar-refractivity contribution >= 4 is 0 Å². The van der Waals surface area contributed by atoms with Crippen molar-refractivity contribution in [1.82, 2.24) is 5.32 Å². The Morgan fingerprint density at radius 3 is 2.69 bits per heavy atom. The van der Waals surface area contributed by atoms with Gasteiger partial charge in [0.25, 0.3) is 0 Å². The summed E-state index contributed by atoms with van der Waals surface area (Å²) in [6.45, 7) is 0.980. The van der Waals surface area contributed by atoms with Gasteiger partial charge in [-0.1, -0.05) is 36.4 Å². The Balaban J connectivity index is 1.47. The molecule has 2 N–H and O–H groups in total. The van der Waals surface area contributed by atoms with Gasteiger partial charge in [-0.15, -0.1) is 0 Å². The van der Waals surface area contributed by atoms with E-state index in [1.54, 1.807) is 7.11 Å². The lowest BCUT2D eigenvalue weighted by Crippen LogP contribution is -2.61. The Kier molecular flexibility index (Phi) is 5.08. The lowest BCUT2D eigenvalue weighted by molar-refractivity contribution is -0.193. The molecule has 2 aromatic carbocycles. The number of aliphatic hydroxyl groups is 1. The third kappa shape index (κ3) is 3.41. The Morgan fingerprint density at radius 2 is 1.88 bits per heavy atom. The highest BCUT2D eigenvalue weighted by molar-refractivity contribution is 5.33. The zero-order valence-electron chi connectivity index (χ0n) is 14.6. The van der Waals surface area contributed by atoms with Gasteiger partial charge >= 0.3 is 0 Å². The lowest BCUT2D eigenvalue weighted by Gasteiger charge is -2.38. The van der Waals surface area contributed by atoms with E-state index in [2.05, 4.69) is 5.32 Å². The number of methoxy groups -OCH3 is 1. The molecule has 26 heavy (non-hydrogen) atoms. The number of rotatable bonds is 6. The summed E-state index contributed by atoms with van der Waals surface area (Å²) in [6, 6.07) is 16.9. The van der Waals surface area contributed by atoms with Crippen LogP contribution in [-0.4, -0.2) is 49.5 Å². The SMILES string of the molecule is COc1ccccc1CN[C@@H]1[C@H](O)[C@@H](Oc2ccccc2)[C@@H]2OC[C@@H]1O2. The van der Waals surface area contributed by atoms with E-state index < -0.39 is 18.5 Å². The molecule has 0 radical (unpaired) electrons. The van der Waals surface area contributed by atoms with Gasteiger partial charge in [0.05, 0.1) is 19.8 Å². The van der Waals surface area contributed by atoms with Gasteiger partial charge in [0.2, 0.25) is 0 Å². The van der Waals surface area contributed by atoms with Crippen molar-refractivity contribution in [3.8, 4) is 11.5 Å². The number of benzene rings is 2. The van der Waals surface area contributed by atoms with Crippen molar-refractivity contribution in [2.45, 2.75) is 37.2 Å². The predicted molar refractivity (Wildman–Crippen MR) is 95.1 cm³/mol. The van der Waals surface area contributed by atoms with Gasteiger partial charge in [0.1, 0.15) is 23.7 Å². The molecule has 2 aliphatic heterocycles. The molecule has 2 aromatic rings. The maximum absolute atomic E-state index is 10.9. The molecular weight excluding hydrogens is 334 g/mol. The number of para-hydroxylation sites is 2. The van der Waals surface area contributed by atoms with Gasteiger partial charge in [-0.2, -0.15) is 0 Å². The van der Waals surface area contributed by atoms with E-state index in [4.69, 9.17) is 18.9 Å². The number of ether oxygens (including phenoxy) is 4. The molecule has 2 aliphatic rings. The maximum atomic E-state index is 10.9. The molecule has 4 rings (SSSR count). The molecule has 0 aliphatic carbocycles. The second-order valence-electron chi connectivity index (χ2n) is 6.48. The fourth-order valence-corrected chi connectivity index (χ4v) is 3.50. The summed E-state index contributed by atoms with van der Waals surface area (Å²) < 4.78 is 22.9. The molecule has 0 aromatic heterocycles. The Hall–Kier alpha value is -2.12. The fraction of sp³-hybridized carbons (Fsp3) is 0.400. The van der Waals surface area contributed by atoms with E-state index in [0.29, 0.717) is 18.9 Å².